The average molecular weight is 431 g/mol. The third kappa shape index (κ3) is 3.76. The summed E-state index contributed by atoms with van der Waals surface area (Å²) in [5.41, 5.74) is 2.52. The van der Waals surface area contributed by atoms with Gasteiger partial charge in [0.2, 0.25) is 5.89 Å². The number of rotatable bonds is 3. The molecule has 0 aliphatic carbocycles. The van der Waals surface area contributed by atoms with E-state index in [1.165, 1.54) is 6.07 Å². The van der Waals surface area contributed by atoms with E-state index in [2.05, 4.69) is 15.6 Å². The number of carbonyl (C=O) groups is 1. The second-order valence-corrected chi connectivity index (χ2v) is 7.15. The largest absolute Gasteiger partial charge is 0.451 e. The van der Waals surface area contributed by atoms with Crippen molar-refractivity contribution in [2.75, 3.05) is 5.32 Å². The van der Waals surface area contributed by atoms with Gasteiger partial charge in [0.15, 0.2) is 16.5 Å². The van der Waals surface area contributed by atoms with Crippen molar-refractivity contribution in [2.45, 2.75) is 0 Å². The first kappa shape index (κ1) is 19.0. The SMILES string of the molecule is O=C(NC(=S)Nc1ccc2oc(-c3ccccc3F)nc2c1)c1cc2ccccc2o1. The highest BCUT2D eigenvalue weighted by Crippen LogP contribution is 2.27. The van der Waals surface area contributed by atoms with Gasteiger partial charge < -0.3 is 14.2 Å². The summed E-state index contributed by atoms with van der Waals surface area (Å²) in [4.78, 5) is 16.8. The standard InChI is InChI=1S/C23H14FN3O3S/c24-16-7-3-2-6-15(16)22-26-17-12-14(9-10-19(17)30-22)25-23(31)27-21(28)20-11-13-5-1-4-8-18(13)29-20/h1-12H,(H2,25,27,28,31). The maximum Gasteiger partial charge on any atom is 0.293 e. The summed E-state index contributed by atoms with van der Waals surface area (Å²) in [5, 5.41) is 6.44. The first-order chi connectivity index (χ1) is 15.1. The van der Waals surface area contributed by atoms with E-state index in [4.69, 9.17) is 21.1 Å². The third-order valence-corrected chi connectivity index (χ3v) is 4.83. The molecule has 2 aromatic heterocycles. The molecule has 6 nitrogen and oxygen atoms in total. The number of hydrogen-bond donors (Lipinski definition) is 2. The van der Waals surface area contributed by atoms with Crippen molar-refractivity contribution in [1.29, 1.82) is 0 Å². The fourth-order valence-electron chi connectivity index (χ4n) is 3.18. The van der Waals surface area contributed by atoms with Crippen LogP contribution in [0.4, 0.5) is 10.1 Å². The fourth-order valence-corrected chi connectivity index (χ4v) is 3.39. The maximum atomic E-state index is 14.0. The molecule has 5 rings (SSSR count). The Morgan fingerprint density at radius 2 is 1.74 bits per heavy atom. The molecular formula is C23H14FN3O3S. The van der Waals surface area contributed by atoms with Gasteiger partial charge in [-0.3, -0.25) is 10.1 Å². The number of amides is 1. The topological polar surface area (TPSA) is 80.3 Å². The van der Waals surface area contributed by atoms with Crippen LogP contribution in [0.25, 0.3) is 33.5 Å². The Kier molecular flexibility index (Phi) is 4.68. The lowest BCUT2D eigenvalue weighted by Gasteiger charge is -2.08. The number of oxazole rings is 1. The van der Waals surface area contributed by atoms with Gasteiger partial charge in [-0.1, -0.05) is 30.3 Å². The summed E-state index contributed by atoms with van der Waals surface area (Å²) in [6.45, 7) is 0. The molecule has 3 aromatic carbocycles. The average Bonchev–Trinajstić information content (AvgIpc) is 3.37. The van der Waals surface area contributed by atoms with Crippen LogP contribution in [0.3, 0.4) is 0 Å². The predicted molar refractivity (Wildman–Crippen MR) is 119 cm³/mol. The molecule has 8 heteroatoms. The Morgan fingerprint density at radius 1 is 0.935 bits per heavy atom. The molecule has 0 bridgehead atoms. The van der Waals surface area contributed by atoms with Crippen molar-refractivity contribution >= 4 is 51.0 Å². The second-order valence-electron chi connectivity index (χ2n) is 6.74. The quantitative estimate of drug-likeness (QED) is 0.367. The number of furan rings is 1. The van der Waals surface area contributed by atoms with Crippen LogP contribution in [0.1, 0.15) is 10.6 Å². The summed E-state index contributed by atoms with van der Waals surface area (Å²) >= 11 is 5.24. The van der Waals surface area contributed by atoms with Crippen LogP contribution in [-0.4, -0.2) is 16.0 Å². The molecule has 0 unspecified atom stereocenters. The van der Waals surface area contributed by atoms with Gasteiger partial charge in [0.25, 0.3) is 5.91 Å². The predicted octanol–water partition coefficient (Wildman–Crippen LogP) is 5.51. The lowest BCUT2D eigenvalue weighted by Crippen LogP contribution is -2.33. The van der Waals surface area contributed by atoms with Crippen LogP contribution in [0.15, 0.2) is 81.6 Å². The summed E-state index contributed by atoms with van der Waals surface area (Å²) in [5.74, 6) is -0.530. The van der Waals surface area contributed by atoms with Crippen LogP contribution in [-0.2, 0) is 0 Å². The number of benzene rings is 3. The van der Waals surface area contributed by atoms with Gasteiger partial charge in [0, 0.05) is 11.1 Å². The van der Waals surface area contributed by atoms with Gasteiger partial charge in [0.05, 0.1) is 5.56 Å². The molecule has 0 atom stereocenters. The molecule has 31 heavy (non-hydrogen) atoms. The van der Waals surface area contributed by atoms with E-state index in [1.807, 2.05) is 18.2 Å². The maximum absolute atomic E-state index is 14.0. The van der Waals surface area contributed by atoms with E-state index in [1.54, 1.807) is 48.5 Å². The Labute approximate surface area is 180 Å². The molecule has 0 aliphatic rings. The summed E-state index contributed by atoms with van der Waals surface area (Å²) < 4.78 is 25.2. The van der Waals surface area contributed by atoms with E-state index in [-0.39, 0.29) is 22.3 Å². The zero-order valence-corrected chi connectivity index (χ0v) is 16.7. The normalized spacial score (nSPS) is 11.0. The molecule has 0 fully saturated rings. The van der Waals surface area contributed by atoms with Gasteiger partial charge >= 0.3 is 0 Å². The van der Waals surface area contributed by atoms with E-state index in [9.17, 15) is 9.18 Å². The van der Waals surface area contributed by atoms with Gasteiger partial charge in [-0.2, -0.15) is 0 Å². The summed E-state index contributed by atoms with van der Waals surface area (Å²) in [6.07, 6.45) is 0. The van der Waals surface area contributed by atoms with Gasteiger partial charge in [-0.25, -0.2) is 9.37 Å². The number of halogens is 1. The first-order valence-corrected chi connectivity index (χ1v) is 9.74. The van der Waals surface area contributed by atoms with Crippen molar-refractivity contribution in [3.05, 3.63) is 84.4 Å². The van der Waals surface area contributed by atoms with E-state index >= 15 is 0 Å². The lowest BCUT2D eigenvalue weighted by atomic mass is 10.2. The smallest absolute Gasteiger partial charge is 0.293 e. The zero-order chi connectivity index (χ0) is 21.4. The van der Waals surface area contributed by atoms with Gasteiger partial charge in [-0.05, 0) is 54.7 Å². The number of anilines is 1. The molecule has 0 saturated heterocycles. The number of nitrogens with zero attached hydrogens (tertiary/aromatic N) is 1. The highest BCUT2D eigenvalue weighted by Gasteiger charge is 2.15. The van der Waals surface area contributed by atoms with E-state index in [0.717, 1.165) is 5.39 Å². The monoisotopic (exact) mass is 431 g/mol. The Hall–Kier alpha value is -4.04. The summed E-state index contributed by atoms with van der Waals surface area (Å²) in [6, 6.07) is 20.4. The number of thiocarbonyl (C=S) groups is 1. The highest BCUT2D eigenvalue weighted by atomic mass is 32.1. The zero-order valence-electron chi connectivity index (χ0n) is 15.9. The number of hydrogen-bond acceptors (Lipinski definition) is 5. The fraction of sp³-hybridized carbons (Fsp3) is 0. The molecule has 1 amide bonds. The first-order valence-electron chi connectivity index (χ1n) is 9.33. The minimum Gasteiger partial charge on any atom is -0.451 e. The van der Waals surface area contributed by atoms with Gasteiger partial charge in [0.1, 0.15) is 16.9 Å². The van der Waals surface area contributed by atoms with Crippen molar-refractivity contribution in [1.82, 2.24) is 10.3 Å². The molecule has 2 heterocycles. The Bertz CT molecular complexity index is 1420. The van der Waals surface area contributed by atoms with Crippen LogP contribution in [0.2, 0.25) is 0 Å². The van der Waals surface area contributed by atoms with Crippen molar-refractivity contribution < 1.29 is 18.0 Å². The minimum absolute atomic E-state index is 0.0997. The molecule has 0 spiro atoms. The van der Waals surface area contributed by atoms with E-state index in [0.29, 0.717) is 22.4 Å². The summed E-state index contributed by atoms with van der Waals surface area (Å²) in [7, 11) is 0. The van der Waals surface area contributed by atoms with Gasteiger partial charge in [-0.15, -0.1) is 0 Å². The van der Waals surface area contributed by atoms with Crippen molar-refractivity contribution in [3.63, 3.8) is 0 Å². The van der Waals surface area contributed by atoms with Crippen LogP contribution in [0, 0.1) is 5.82 Å². The molecule has 0 radical (unpaired) electrons. The number of nitrogens with one attached hydrogen (secondary N) is 2. The minimum atomic E-state index is -0.460. The van der Waals surface area contributed by atoms with E-state index < -0.39 is 11.7 Å². The second kappa shape index (κ2) is 7.66. The van der Waals surface area contributed by atoms with Crippen molar-refractivity contribution in [3.8, 4) is 11.5 Å². The number of para-hydroxylation sites is 1. The number of fused-ring (bicyclic) bond motifs is 2. The molecular weight excluding hydrogens is 417 g/mol. The molecule has 0 saturated carbocycles. The number of carbonyl (C=O) groups excluding carboxylic acids is 1. The Balaban J connectivity index is 1.32. The Morgan fingerprint density at radius 3 is 2.58 bits per heavy atom. The molecule has 0 aliphatic heterocycles. The third-order valence-electron chi connectivity index (χ3n) is 4.63. The molecule has 5 aromatic rings. The van der Waals surface area contributed by atoms with Crippen LogP contribution in [0.5, 0.6) is 0 Å². The van der Waals surface area contributed by atoms with Crippen LogP contribution >= 0.6 is 12.2 Å². The van der Waals surface area contributed by atoms with Crippen LogP contribution < -0.4 is 10.6 Å². The number of aromatic nitrogens is 1. The highest BCUT2D eigenvalue weighted by molar-refractivity contribution is 7.80. The lowest BCUT2D eigenvalue weighted by molar-refractivity contribution is 0.0953. The van der Waals surface area contributed by atoms with Crippen molar-refractivity contribution in [2.24, 2.45) is 0 Å². The molecule has 152 valence electrons. The molecule has 2 N–H and O–H groups in total.